The van der Waals surface area contributed by atoms with Gasteiger partial charge >= 0.3 is 5.97 Å². The quantitative estimate of drug-likeness (QED) is 0.0480. The predicted molar refractivity (Wildman–Crippen MR) is 134 cm³/mol. The number of nitrogens with zero attached hydrogens (tertiary/aromatic N) is 4. The summed E-state index contributed by atoms with van der Waals surface area (Å²) in [7, 11) is 0. The normalized spacial score (nSPS) is 22.7. The fourth-order valence-electron chi connectivity index (χ4n) is 4.12. The van der Waals surface area contributed by atoms with Gasteiger partial charge in [-0.3, -0.25) is 24.7 Å². The summed E-state index contributed by atoms with van der Waals surface area (Å²) in [4.78, 5) is 56.9. The topological polar surface area (TPSA) is 240 Å². The van der Waals surface area contributed by atoms with Crippen molar-refractivity contribution in [2.45, 2.75) is 17.8 Å². The van der Waals surface area contributed by atoms with Crippen molar-refractivity contribution in [2.75, 3.05) is 31.1 Å². The Morgan fingerprint density at radius 3 is 2.76 bits per heavy atom. The largest absolute Gasteiger partial charge is 0.477 e. The van der Waals surface area contributed by atoms with Gasteiger partial charge in [-0.05, 0) is 18.1 Å². The molecule has 0 bridgehead atoms. The average Bonchev–Trinajstić information content (AvgIpc) is 3.42. The van der Waals surface area contributed by atoms with E-state index in [4.69, 9.17) is 16.9 Å². The number of aliphatic carboxylic acids is 1. The smallest absolute Gasteiger partial charge is 0.352 e. The monoisotopic (exact) mass is 549 g/mol. The van der Waals surface area contributed by atoms with Crippen LogP contribution < -0.4 is 22.1 Å². The molecule has 9 N–H and O–H groups in total. The number of hydrogen-bond donors (Lipinski definition) is 7. The van der Waals surface area contributed by atoms with E-state index in [2.05, 4.69) is 20.8 Å². The molecular weight excluding hydrogens is 526 g/mol. The van der Waals surface area contributed by atoms with Gasteiger partial charge < -0.3 is 37.3 Å². The van der Waals surface area contributed by atoms with Gasteiger partial charge in [0.2, 0.25) is 5.91 Å². The maximum Gasteiger partial charge on any atom is 0.352 e. The zero-order valence-corrected chi connectivity index (χ0v) is 20.8. The van der Waals surface area contributed by atoms with Crippen LogP contribution in [0.1, 0.15) is 12.1 Å². The first-order valence-electron chi connectivity index (χ1n) is 10.9. The van der Waals surface area contributed by atoms with Crippen molar-refractivity contribution >= 4 is 63.6 Å². The number of carbonyl (C=O) groups excluding carboxylic acids is 3. The van der Waals surface area contributed by atoms with Gasteiger partial charge in [-0.15, -0.1) is 23.1 Å². The molecule has 37 heavy (non-hydrogen) atoms. The second-order valence-electron chi connectivity index (χ2n) is 8.11. The number of likely N-dealkylation sites (tertiary alicyclic amines) is 1. The maximum absolute atomic E-state index is 12.9. The minimum atomic E-state index is -1.33. The zero-order valence-electron chi connectivity index (χ0n) is 19.1. The van der Waals surface area contributed by atoms with Crippen LogP contribution in [-0.4, -0.2) is 97.3 Å². The average molecular weight is 550 g/mol. The van der Waals surface area contributed by atoms with Crippen LogP contribution in [0.2, 0.25) is 0 Å². The minimum absolute atomic E-state index is 0.0369. The number of oxime groups is 1. The Bertz CT molecular complexity index is 1270. The third kappa shape index (κ3) is 5.08. The number of carbonyl (C=O) groups is 4. The summed E-state index contributed by atoms with van der Waals surface area (Å²) in [5, 5.41) is 35.3. The van der Waals surface area contributed by atoms with Crippen molar-refractivity contribution in [1.82, 2.24) is 25.4 Å². The van der Waals surface area contributed by atoms with Crippen LogP contribution in [0.25, 0.3) is 0 Å². The molecule has 196 valence electrons. The van der Waals surface area contributed by atoms with E-state index in [-0.39, 0.29) is 34.1 Å². The molecular formula is C20H23N9O6S2. The van der Waals surface area contributed by atoms with E-state index in [0.717, 1.165) is 16.2 Å². The van der Waals surface area contributed by atoms with Gasteiger partial charge in [-0.2, -0.15) is 0 Å². The van der Waals surface area contributed by atoms with Gasteiger partial charge in [-0.1, -0.05) is 5.16 Å². The molecule has 2 fully saturated rings. The molecule has 4 heterocycles. The van der Waals surface area contributed by atoms with Crippen molar-refractivity contribution in [2.24, 2.45) is 10.9 Å². The first-order valence-corrected chi connectivity index (χ1v) is 12.8. The first-order chi connectivity index (χ1) is 17.6. The number of β-lactam (4-membered cyclic amide) rings is 1. The van der Waals surface area contributed by atoms with E-state index in [9.17, 15) is 29.5 Å². The van der Waals surface area contributed by atoms with E-state index in [1.165, 1.54) is 23.2 Å². The van der Waals surface area contributed by atoms with Crippen molar-refractivity contribution in [3.63, 3.8) is 0 Å². The third-order valence-electron chi connectivity index (χ3n) is 5.83. The number of anilines is 1. The number of rotatable bonds is 8. The number of thiazole rings is 1. The van der Waals surface area contributed by atoms with Gasteiger partial charge in [0.15, 0.2) is 16.8 Å². The van der Waals surface area contributed by atoms with Crippen molar-refractivity contribution < 1.29 is 29.5 Å². The van der Waals surface area contributed by atoms with Crippen molar-refractivity contribution in [3.05, 3.63) is 34.0 Å². The van der Waals surface area contributed by atoms with Gasteiger partial charge in [0.25, 0.3) is 11.8 Å². The van der Waals surface area contributed by atoms with Crippen LogP contribution >= 0.6 is 23.1 Å². The summed E-state index contributed by atoms with van der Waals surface area (Å²) < 4.78 is 0. The summed E-state index contributed by atoms with van der Waals surface area (Å²) in [5.74, 6) is -3.12. The Balaban J connectivity index is 1.48. The Morgan fingerprint density at radius 1 is 1.38 bits per heavy atom. The molecule has 2 atom stereocenters. The van der Waals surface area contributed by atoms with E-state index in [1.807, 2.05) is 0 Å². The highest BCUT2D eigenvalue weighted by molar-refractivity contribution is 8.00. The highest BCUT2D eigenvalue weighted by atomic mass is 32.2. The number of thioether (sulfide) groups is 1. The molecule has 17 heteroatoms. The van der Waals surface area contributed by atoms with Gasteiger partial charge in [0.1, 0.15) is 22.8 Å². The van der Waals surface area contributed by atoms with Gasteiger partial charge in [0, 0.05) is 36.3 Å². The highest BCUT2D eigenvalue weighted by Crippen LogP contribution is 2.41. The summed E-state index contributed by atoms with van der Waals surface area (Å²) in [6.07, 6.45) is 1.91. The number of nitrogen functional groups attached to an aromatic ring is 1. The number of fused-ring (bicyclic) bond motifs is 1. The van der Waals surface area contributed by atoms with E-state index in [0.29, 0.717) is 37.2 Å². The third-order valence-corrected chi connectivity index (χ3v) is 7.80. The van der Waals surface area contributed by atoms with Crippen LogP contribution in [0.3, 0.4) is 0 Å². The molecule has 3 amide bonds. The molecule has 0 spiro atoms. The van der Waals surface area contributed by atoms with Crippen LogP contribution in [0.15, 0.2) is 33.5 Å². The minimum Gasteiger partial charge on any atom is -0.477 e. The molecule has 0 aromatic carbocycles. The molecule has 15 nitrogen and oxygen atoms in total. The summed E-state index contributed by atoms with van der Waals surface area (Å²) in [6.45, 7) is 1.07. The van der Waals surface area contributed by atoms with Crippen molar-refractivity contribution in [1.29, 1.82) is 5.41 Å². The van der Waals surface area contributed by atoms with E-state index >= 15 is 0 Å². The van der Waals surface area contributed by atoms with Crippen LogP contribution in [-0.2, 0) is 19.2 Å². The number of allylic oxidation sites excluding steroid dienone is 1. The number of nitrogens with two attached hydrogens (primary N) is 2. The zero-order chi connectivity index (χ0) is 26.9. The lowest BCUT2D eigenvalue weighted by Crippen LogP contribution is -2.71. The van der Waals surface area contributed by atoms with E-state index < -0.39 is 34.9 Å². The standard InChI is InChI=1S/C20H23N9O6S2/c21-19(22)24-2-4-28-3-1-8(15(28)31)5-9-6-36-17-12(16(32)29(17)13(9)18(33)34)26-14(30)11(27-35)10-7-37-20(23)25-10/h5,7,12,17,35H,1-4,6H2,(H2,23,25)(H,26,30)(H,33,34)(H4,21,22,24)/b8-5?,27-11-/t12-,17-/m1/s1. The fourth-order valence-corrected chi connectivity index (χ4v) is 5.98. The lowest BCUT2D eigenvalue weighted by atomic mass is 10.0. The molecule has 1 aromatic heterocycles. The fraction of sp³-hybridized carbons (Fsp3) is 0.350. The molecule has 3 aliphatic rings. The molecule has 2 saturated heterocycles. The number of carboxylic acids is 1. The van der Waals surface area contributed by atoms with Crippen LogP contribution in [0.5, 0.6) is 0 Å². The Hall–Kier alpha value is -4.12. The number of carboxylic acid groups (broad SMARTS) is 1. The van der Waals surface area contributed by atoms with Crippen LogP contribution in [0.4, 0.5) is 5.13 Å². The summed E-state index contributed by atoms with van der Waals surface area (Å²) in [6, 6.07) is -1.05. The Labute approximate surface area is 217 Å². The number of amides is 3. The van der Waals surface area contributed by atoms with Crippen LogP contribution in [0, 0.1) is 5.41 Å². The Morgan fingerprint density at radius 2 is 2.14 bits per heavy atom. The number of hydrogen-bond acceptors (Lipinski definition) is 11. The molecule has 0 radical (unpaired) electrons. The first kappa shape index (κ1) is 26.0. The Kier molecular flexibility index (Phi) is 7.35. The highest BCUT2D eigenvalue weighted by Gasteiger charge is 2.54. The molecule has 4 rings (SSSR count). The number of nitrogens with one attached hydrogen (secondary N) is 3. The molecule has 0 saturated carbocycles. The molecule has 0 aliphatic carbocycles. The summed E-state index contributed by atoms with van der Waals surface area (Å²) >= 11 is 2.27. The SMILES string of the molecule is N=C(N)NCCN1CCC(=CC2=C(C(=O)O)N3C(=O)[C@@H](NC(=O)/C(=N\O)c4csc(N)n4)[C@H]3SC2)C1=O. The second-order valence-corrected chi connectivity index (χ2v) is 10.1. The predicted octanol–water partition coefficient (Wildman–Crippen LogP) is -1.72. The molecule has 0 unspecified atom stereocenters. The molecule has 1 aromatic rings. The molecule has 3 aliphatic heterocycles. The second kappa shape index (κ2) is 10.5. The number of aromatic nitrogens is 1. The van der Waals surface area contributed by atoms with Gasteiger partial charge in [-0.25, -0.2) is 9.78 Å². The number of guanidine groups is 1. The van der Waals surface area contributed by atoms with Crippen molar-refractivity contribution in [3.8, 4) is 0 Å². The lowest BCUT2D eigenvalue weighted by molar-refractivity contribution is -0.150. The summed E-state index contributed by atoms with van der Waals surface area (Å²) in [5.41, 5.74) is 10.9. The lowest BCUT2D eigenvalue weighted by Gasteiger charge is -2.49. The maximum atomic E-state index is 12.9. The van der Waals surface area contributed by atoms with Gasteiger partial charge in [0.05, 0.1) is 0 Å². The van der Waals surface area contributed by atoms with E-state index in [1.54, 1.807) is 4.90 Å².